The van der Waals surface area contributed by atoms with Crippen molar-refractivity contribution in [2.75, 3.05) is 52.3 Å². The van der Waals surface area contributed by atoms with Crippen molar-refractivity contribution < 1.29 is 22.3 Å². The summed E-state index contributed by atoms with van der Waals surface area (Å²) in [6.07, 6.45) is 0.605. The summed E-state index contributed by atoms with van der Waals surface area (Å²) < 4.78 is 45.3. The predicted molar refractivity (Wildman–Crippen MR) is 117 cm³/mol. The summed E-state index contributed by atoms with van der Waals surface area (Å²) in [7, 11) is 0.895. The minimum absolute atomic E-state index is 0.0175. The second-order valence-corrected chi connectivity index (χ2v) is 9.73. The Kier molecular flexibility index (Phi) is 7.17. The third-order valence-electron chi connectivity index (χ3n) is 5.46. The molecule has 168 valence electrons. The van der Waals surface area contributed by atoms with Crippen molar-refractivity contribution in [3.8, 4) is 5.75 Å². The molecule has 0 atom stereocenters. The first-order chi connectivity index (χ1) is 14.7. The quantitative estimate of drug-likeness (QED) is 0.649. The first-order valence-electron chi connectivity index (χ1n) is 10.1. The molecule has 0 aromatic heterocycles. The van der Waals surface area contributed by atoms with Crippen molar-refractivity contribution >= 4 is 21.6 Å². The molecule has 0 unspecified atom stereocenters. The monoisotopic (exact) mass is 449 g/mol. The van der Waals surface area contributed by atoms with Gasteiger partial charge < -0.3 is 14.5 Å². The molecule has 31 heavy (non-hydrogen) atoms. The SMILES string of the molecule is COc1ccc(S(=O)(=O)N(C)C)cc1CCC(=O)N1CCN(c2ccccc2F)CC1. The van der Waals surface area contributed by atoms with Crippen molar-refractivity contribution in [2.45, 2.75) is 17.7 Å². The summed E-state index contributed by atoms with van der Waals surface area (Å²) in [6.45, 7) is 2.15. The zero-order valence-corrected chi connectivity index (χ0v) is 18.9. The van der Waals surface area contributed by atoms with Crippen LogP contribution in [0.4, 0.5) is 10.1 Å². The Morgan fingerprint density at radius 1 is 1.10 bits per heavy atom. The van der Waals surface area contributed by atoms with Gasteiger partial charge in [0.25, 0.3) is 0 Å². The third kappa shape index (κ3) is 5.16. The van der Waals surface area contributed by atoms with Crippen molar-refractivity contribution in [3.05, 3.63) is 53.8 Å². The highest BCUT2D eigenvalue weighted by molar-refractivity contribution is 7.89. The van der Waals surface area contributed by atoms with Gasteiger partial charge in [0.05, 0.1) is 17.7 Å². The predicted octanol–water partition coefficient (Wildman–Crippen LogP) is 2.37. The molecule has 2 aromatic rings. The molecule has 1 aliphatic heterocycles. The lowest BCUT2D eigenvalue weighted by Gasteiger charge is -2.36. The van der Waals surface area contributed by atoms with Crippen LogP contribution in [-0.2, 0) is 21.2 Å². The fourth-order valence-corrected chi connectivity index (χ4v) is 4.58. The number of para-hydroxylation sites is 1. The Labute approximate surface area is 183 Å². The number of aryl methyl sites for hydroxylation is 1. The van der Waals surface area contributed by atoms with E-state index in [1.807, 2.05) is 4.90 Å². The van der Waals surface area contributed by atoms with Crippen LogP contribution < -0.4 is 9.64 Å². The molecule has 9 heteroatoms. The summed E-state index contributed by atoms with van der Waals surface area (Å²) in [6, 6.07) is 11.3. The maximum atomic E-state index is 14.0. The Morgan fingerprint density at radius 3 is 2.39 bits per heavy atom. The van der Waals surface area contributed by atoms with Crippen LogP contribution in [0.25, 0.3) is 0 Å². The summed E-state index contributed by atoms with van der Waals surface area (Å²) in [5.74, 6) is 0.271. The number of amides is 1. The van der Waals surface area contributed by atoms with Crippen LogP contribution in [0.3, 0.4) is 0 Å². The number of rotatable bonds is 7. The Hall–Kier alpha value is -2.65. The van der Waals surface area contributed by atoms with Crippen LogP contribution in [0.15, 0.2) is 47.4 Å². The minimum atomic E-state index is -3.57. The number of hydrogen-bond acceptors (Lipinski definition) is 5. The second-order valence-electron chi connectivity index (χ2n) is 7.58. The minimum Gasteiger partial charge on any atom is -0.496 e. The van der Waals surface area contributed by atoms with Crippen molar-refractivity contribution in [2.24, 2.45) is 0 Å². The van der Waals surface area contributed by atoms with Gasteiger partial charge in [-0.25, -0.2) is 17.1 Å². The molecule has 0 N–H and O–H groups in total. The average molecular weight is 450 g/mol. The van der Waals surface area contributed by atoms with Crippen LogP contribution >= 0.6 is 0 Å². The normalized spacial score (nSPS) is 14.7. The average Bonchev–Trinajstić information content (AvgIpc) is 2.77. The summed E-state index contributed by atoms with van der Waals surface area (Å²) >= 11 is 0. The molecule has 0 bridgehead atoms. The fourth-order valence-electron chi connectivity index (χ4n) is 3.63. The molecule has 1 fully saturated rings. The van der Waals surface area contributed by atoms with E-state index in [-0.39, 0.29) is 23.0 Å². The molecule has 1 heterocycles. The molecule has 7 nitrogen and oxygen atoms in total. The van der Waals surface area contributed by atoms with Gasteiger partial charge in [0.1, 0.15) is 11.6 Å². The van der Waals surface area contributed by atoms with Crippen molar-refractivity contribution in [1.82, 2.24) is 9.21 Å². The number of methoxy groups -OCH3 is 1. The van der Waals surface area contributed by atoms with E-state index in [0.29, 0.717) is 49.6 Å². The summed E-state index contributed by atoms with van der Waals surface area (Å²) in [5, 5.41) is 0. The van der Waals surface area contributed by atoms with Gasteiger partial charge in [0.15, 0.2) is 0 Å². The van der Waals surface area contributed by atoms with Crippen LogP contribution in [0.5, 0.6) is 5.75 Å². The summed E-state index contributed by atoms with van der Waals surface area (Å²) in [4.78, 5) is 16.6. The molecule has 3 rings (SSSR count). The van der Waals surface area contributed by atoms with Gasteiger partial charge in [-0.1, -0.05) is 12.1 Å². The van der Waals surface area contributed by atoms with E-state index in [4.69, 9.17) is 4.74 Å². The Balaban J connectivity index is 1.63. The third-order valence-corrected chi connectivity index (χ3v) is 7.28. The largest absolute Gasteiger partial charge is 0.496 e. The van der Waals surface area contributed by atoms with Gasteiger partial charge in [-0.05, 0) is 42.3 Å². The van der Waals surface area contributed by atoms with Crippen LogP contribution in [0, 0.1) is 5.82 Å². The number of halogens is 1. The Morgan fingerprint density at radius 2 is 1.77 bits per heavy atom. The highest BCUT2D eigenvalue weighted by atomic mass is 32.2. The lowest BCUT2D eigenvalue weighted by molar-refractivity contribution is -0.131. The highest BCUT2D eigenvalue weighted by Gasteiger charge is 2.24. The molecule has 0 spiro atoms. The number of benzene rings is 2. The maximum Gasteiger partial charge on any atom is 0.242 e. The molecule has 1 aliphatic rings. The zero-order valence-electron chi connectivity index (χ0n) is 18.0. The van der Waals surface area contributed by atoms with Gasteiger partial charge in [-0.15, -0.1) is 0 Å². The van der Waals surface area contributed by atoms with Gasteiger partial charge in [-0.2, -0.15) is 0 Å². The topological polar surface area (TPSA) is 70.2 Å². The van der Waals surface area contributed by atoms with E-state index in [9.17, 15) is 17.6 Å². The number of anilines is 1. The maximum absolute atomic E-state index is 14.0. The lowest BCUT2D eigenvalue weighted by atomic mass is 10.1. The number of sulfonamides is 1. The van der Waals surface area contributed by atoms with E-state index in [2.05, 4.69) is 0 Å². The smallest absolute Gasteiger partial charge is 0.242 e. The lowest BCUT2D eigenvalue weighted by Crippen LogP contribution is -2.49. The van der Waals surface area contributed by atoms with Crippen LogP contribution in [0.2, 0.25) is 0 Å². The van der Waals surface area contributed by atoms with Gasteiger partial charge in [0.2, 0.25) is 15.9 Å². The van der Waals surface area contributed by atoms with E-state index in [1.54, 1.807) is 35.2 Å². The van der Waals surface area contributed by atoms with Gasteiger partial charge in [-0.3, -0.25) is 4.79 Å². The second kappa shape index (κ2) is 9.65. The molecule has 1 amide bonds. The van der Waals surface area contributed by atoms with Crippen LogP contribution in [-0.4, -0.2) is 70.9 Å². The van der Waals surface area contributed by atoms with Crippen molar-refractivity contribution in [1.29, 1.82) is 0 Å². The molecular weight excluding hydrogens is 421 g/mol. The number of piperazine rings is 1. The number of ether oxygens (including phenoxy) is 1. The number of carbonyl (C=O) groups excluding carboxylic acids is 1. The summed E-state index contributed by atoms with van der Waals surface area (Å²) in [5.41, 5.74) is 1.22. The Bertz CT molecular complexity index is 1030. The van der Waals surface area contributed by atoms with E-state index >= 15 is 0 Å². The number of carbonyl (C=O) groups is 1. The first-order valence-corrected chi connectivity index (χ1v) is 11.5. The van der Waals surface area contributed by atoms with E-state index in [1.165, 1.54) is 33.3 Å². The standard InChI is InChI=1S/C22H28FN3O4S/c1-24(2)31(28,29)18-9-10-21(30-3)17(16-18)8-11-22(27)26-14-12-25(13-15-26)20-7-5-4-6-19(20)23/h4-7,9-10,16H,8,11-15H2,1-3H3. The zero-order chi connectivity index (χ0) is 22.6. The molecule has 1 saturated heterocycles. The first kappa shape index (κ1) is 23.0. The molecule has 0 aliphatic carbocycles. The number of hydrogen-bond donors (Lipinski definition) is 0. The van der Waals surface area contributed by atoms with Gasteiger partial charge >= 0.3 is 0 Å². The van der Waals surface area contributed by atoms with Crippen molar-refractivity contribution in [3.63, 3.8) is 0 Å². The number of nitrogens with zero attached hydrogens (tertiary/aromatic N) is 3. The highest BCUT2D eigenvalue weighted by Crippen LogP contribution is 2.26. The fraction of sp³-hybridized carbons (Fsp3) is 0.409. The van der Waals surface area contributed by atoms with E-state index in [0.717, 1.165) is 4.31 Å². The van der Waals surface area contributed by atoms with Crippen LogP contribution in [0.1, 0.15) is 12.0 Å². The van der Waals surface area contributed by atoms with Gasteiger partial charge in [0, 0.05) is 46.7 Å². The molecular formula is C22H28FN3O4S. The molecule has 0 saturated carbocycles. The molecule has 0 radical (unpaired) electrons. The molecule has 2 aromatic carbocycles. The van der Waals surface area contributed by atoms with E-state index < -0.39 is 10.0 Å².